The Bertz CT molecular complexity index is 1990. The van der Waals surface area contributed by atoms with Gasteiger partial charge in [-0.25, -0.2) is 18.7 Å². The Morgan fingerprint density at radius 1 is 0.810 bits per heavy atom. The molecule has 2 aromatic carbocycles. The zero-order valence-electron chi connectivity index (χ0n) is 33.1. The molecule has 8 rings (SSSR count). The van der Waals surface area contributed by atoms with E-state index in [0.717, 1.165) is 103 Å². The summed E-state index contributed by atoms with van der Waals surface area (Å²) in [5.74, 6) is -0.0557. The maximum Gasteiger partial charge on any atom is 0.249 e. The van der Waals surface area contributed by atoms with Crippen molar-refractivity contribution < 1.29 is 28.0 Å². The van der Waals surface area contributed by atoms with E-state index in [1.54, 1.807) is 11.0 Å². The SMILES string of the molecule is O=C1CC[C@H](Nc2ccc(C3CCN(CC4CCN(C(=O)[C@H]5CC[C@H](Nc6ncc(F)c(-c7cccc(N8CCCCC8=O)c7)n6)CC5)CC4)CC3)c(F)c2)C(=O)N1. The molecule has 58 heavy (non-hydrogen) atoms. The van der Waals surface area contributed by atoms with Crippen molar-refractivity contribution in [1.29, 1.82) is 0 Å². The fourth-order valence-electron chi connectivity index (χ4n) is 9.57. The van der Waals surface area contributed by atoms with Crippen LogP contribution >= 0.6 is 0 Å². The van der Waals surface area contributed by atoms with Crippen molar-refractivity contribution in [3.05, 3.63) is 65.9 Å². The maximum atomic E-state index is 15.2. The molecule has 4 amide bonds. The number of nitrogens with one attached hydrogen (secondary N) is 3. The Hall–Kier alpha value is -4.98. The number of aromatic nitrogens is 2. The highest BCUT2D eigenvalue weighted by atomic mass is 19.1. The fourth-order valence-corrected chi connectivity index (χ4v) is 9.57. The van der Waals surface area contributed by atoms with Crippen molar-refractivity contribution in [3.8, 4) is 11.3 Å². The maximum absolute atomic E-state index is 15.2. The lowest BCUT2D eigenvalue weighted by Gasteiger charge is -2.39. The van der Waals surface area contributed by atoms with Crippen LogP contribution in [0.25, 0.3) is 11.3 Å². The number of benzene rings is 2. The molecule has 5 heterocycles. The molecule has 4 saturated heterocycles. The molecule has 12 nitrogen and oxygen atoms in total. The number of likely N-dealkylation sites (tertiary alicyclic amines) is 2. The number of piperidine rings is 4. The van der Waals surface area contributed by atoms with Crippen LogP contribution in [-0.2, 0) is 19.2 Å². The third kappa shape index (κ3) is 9.32. The van der Waals surface area contributed by atoms with E-state index < -0.39 is 11.9 Å². The summed E-state index contributed by atoms with van der Waals surface area (Å²) in [6.07, 6.45) is 11.1. The molecular formula is C44H54F2N8O4. The first-order valence-electron chi connectivity index (χ1n) is 21.3. The van der Waals surface area contributed by atoms with Crippen LogP contribution in [0.3, 0.4) is 0 Å². The van der Waals surface area contributed by atoms with Crippen LogP contribution in [0.1, 0.15) is 95.0 Å². The molecule has 14 heteroatoms. The predicted molar refractivity (Wildman–Crippen MR) is 217 cm³/mol. The van der Waals surface area contributed by atoms with Gasteiger partial charge in [-0.3, -0.25) is 24.5 Å². The predicted octanol–water partition coefficient (Wildman–Crippen LogP) is 6.24. The number of hydrogen-bond acceptors (Lipinski definition) is 9. The number of carbonyl (C=O) groups excluding carboxylic acids is 4. The summed E-state index contributed by atoms with van der Waals surface area (Å²) in [4.78, 5) is 64.7. The largest absolute Gasteiger partial charge is 0.374 e. The summed E-state index contributed by atoms with van der Waals surface area (Å²) in [7, 11) is 0. The molecule has 5 fully saturated rings. The summed E-state index contributed by atoms with van der Waals surface area (Å²) >= 11 is 0. The number of rotatable bonds is 10. The minimum absolute atomic E-state index is 0.00115. The number of hydrogen-bond donors (Lipinski definition) is 3. The highest BCUT2D eigenvalue weighted by Gasteiger charge is 2.33. The Balaban J connectivity index is 0.755. The van der Waals surface area contributed by atoms with Crippen molar-refractivity contribution in [2.24, 2.45) is 11.8 Å². The van der Waals surface area contributed by atoms with Gasteiger partial charge in [0, 0.05) is 67.9 Å². The van der Waals surface area contributed by atoms with Gasteiger partial charge in [0.2, 0.25) is 29.6 Å². The van der Waals surface area contributed by atoms with Crippen LogP contribution < -0.4 is 20.9 Å². The van der Waals surface area contributed by atoms with Gasteiger partial charge in [0.05, 0.1) is 6.20 Å². The van der Waals surface area contributed by atoms with Gasteiger partial charge in [-0.1, -0.05) is 18.2 Å². The van der Waals surface area contributed by atoms with Crippen LogP contribution in [0.2, 0.25) is 0 Å². The van der Waals surface area contributed by atoms with Crippen molar-refractivity contribution in [3.63, 3.8) is 0 Å². The van der Waals surface area contributed by atoms with E-state index in [0.29, 0.717) is 48.1 Å². The number of imide groups is 1. The highest BCUT2D eigenvalue weighted by molar-refractivity contribution is 6.01. The van der Waals surface area contributed by atoms with Gasteiger partial charge in [0.1, 0.15) is 17.6 Å². The van der Waals surface area contributed by atoms with Gasteiger partial charge in [0.15, 0.2) is 5.82 Å². The van der Waals surface area contributed by atoms with E-state index in [1.165, 1.54) is 12.3 Å². The Labute approximate surface area is 338 Å². The van der Waals surface area contributed by atoms with Crippen LogP contribution in [0.4, 0.5) is 26.1 Å². The van der Waals surface area contributed by atoms with Crippen LogP contribution in [0, 0.1) is 23.5 Å². The van der Waals surface area contributed by atoms with Gasteiger partial charge in [-0.2, -0.15) is 0 Å². The molecule has 308 valence electrons. The molecule has 0 radical (unpaired) electrons. The first-order valence-corrected chi connectivity index (χ1v) is 21.3. The first-order chi connectivity index (χ1) is 28.2. The van der Waals surface area contributed by atoms with Crippen LogP contribution in [-0.4, -0.2) is 94.7 Å². The number of carbonyl (C=O) groups is 4. The molecule has 0 bridgehead atoms. The van der Waals surface area contributed by atoms with Gasteiger partial charge >= 0.3 is 0 Å². The second-order valence-corrected chi connectivity index (χ2v) is 16.9. The number of anilines is 3. The van der Waals surface area contributed by atoms with E-state index in [4.69, 9.17) is 0 Å². The molecule has 1 atom stereocenters. The monoisotopic (exact) mass is 796 g/mol. The molecule has 0 unspecified atom stereocenters. The van der Waals surface area contributed by atoms with E-state index in [1.807, 2.05) is 30.3 Å². The summed E-state index contributed by atoms with van der Waals surface area (Å²) < 4.78 is 30.2. The zero-order valence-corrected chi connectivity index (χ0v) is 33.1. The third-order valence-corrected chi connectivity index (χ3v) is 13.0. The number of amides is 4. The Kier molecular flexibility index (Phi) is 12.3. The van der Waals surface area contributed by atoms with Crippen molar-refractivity contribution in [2.75, 3.05) is 54.8 Å². The standard InChI is InChI=1S/C44H54F2N8O4/c45-36-25-33(48-38-13-14-39(55)50-42(38)57)11-12-35(36)29-17-20-52(21-18-29)27-28-15-22-53(23-16-28)43(58)30-7-9-32(10-8-30)49-44-47-26-37(46)41(51-44)31-4-3-5-34(24-31)54-19-2-1-6-40(54)56/h3-5,11-12,24-26,28-30,32,38,48H,1-2,6-10,13-23,27H2,(H,47,49,51)(H,50,55,57)/t30-,32-,38-/m0/s1. The smallest absolute Gasteiger partial charge is 0.249 e. The average Bonchev–Trinajstić information content (AvgIpc) is 3.23. The highest BCUT2D eigenvalue weighted by Crippen LogP contribution is 2.34. The third-order valence-electron chi connectivity index (χ3n) is 13.0. The second-order valence-electron chi connectivity index (χ2n) is 16.9. The molecule has 4 aliphatic heterocycles. The topological polar surface area (TPSA) is 140 Å². The minimum Gasteiger partial charge on any atom is -0.374 e. The van der Waals surface area contributed by atoms with Crippen molar-refractivity contribution >= 4 is 41.0 Å². The molecular weight excluding hydrogens is 743 g/mol. The molecule has 1 aliphatic carbocycles. The fraction of sp³-hybridized carbons (Fsp3) is 0.545. The molecule has 5 aliphatic rings. The van der Waals surface area contributed by atoms with Crippen LogP contribution in [0.15, 0.2) is 48.7 Å². The Morgan fingerprint density at radius 2 is 1.60 bits per heavy atom. The molecule has 1 aromatic heterocycles. The van der Waals surface area contributed by atoms with E-state index in [2.05, 4.69) is 35.7 Å². The summed E-state index contributed by atoms with van der Waals surface area (Å²) in [6, 6.07) is 12.0. The van der Waals surface area contributed by atoms with E-state index in [-0.39, 0.29) is 59.4 Å². The van der Waals surface area contributed by atoms with Crippen molar-refractivity contribution in [2.45, 2.75) is 101 Å². The minimum atomic E-state index is -0.545. The lowest BCUT2D eigenvalue weighted by Crippen LogP contribution is -2.47. The first kappa shape index (κ1) is 39.8. The summed E-state index contributed by atoms with van der Waals surface area (Å²) in [5.41, 5.74) is 2.80. The Morgan fingerprint density at radius 3 is 2.34 bits per heavy atom. The van der Waals surface area contributed by atoms with E-state index in [9.17, 15) is 19.2 Å². The van der Waals surface area contributed by atoms with Gasteiger partial charge in [0.25, 0.3) is 0 Å². The van der Waals surface area contributed by atoms with Gasteiger partial charge < -0.3 is 25.3 Å². The normalized spacial score (nSPS) is 24.1. The number of nitrogens with zero attached hydrogens (tertiary/aromatic N) is 5. The zero-order chi connectivity index (χ0) is 40.2. The van der Waals surface area contributed by atoms with Gasteiger partial charge in [-0.05, 0) is 125 Å². The molecule has 3 aromatic rings. The van der Waals surface area contributed by atoms with Crippen LogP contribution in [0.5, 0.6) is 0 Å². The van der Waals surface area contributed by atoms with E-state index >= 15 is 8.78 Å². The number of halogens is 2. The van der Waals surface area contributed by atoms with Gasteiger partial charge in [-0.15, -0.1) is 0 Å². The lowest BCUT2D eigenvalue weighted by molar-refractivity contribution is -0.138. The van der Waals surface area contributed by atoms with Crippen molar-refractivity contribution in [1.82, 2.24) is 25.1 Å². The lowest BCUT2D eigenvalue weighted by atomic mass is 9.84. The summed E-state index contributed by atoms with van der Waals surface area (Å²) in [5, 5.41) is 8.79. The average molecular weight is 797 g/mol. The molecule has 0 spiro atoms. The molecule has 1 saturated carbocycles. The molecule has 3 N–H and O–H groups in total. The quantitative estimate of drug-likeness (QED) is 0.204. The summed E-state index contributed by atoms with van der Waals surface area (Å²) in [6.45, 7) is 5.04. The second kappa shape index (κ2) is 17.9.